The van der Waals surface area contributed by atoms with Crippen LogP contribution in [0.25, 0.3) is 0 Å². The van der Waals surface area contributed by atoms with E-state index in [1.807, 2.05) is 30.3 Å². The molecule has 2 heterocycles. The van der Waals surface area contributed by atoms with Gasteiger partial charge in [0, 0.05) is 24.9 Å². The summed E-state index contributed by atoms with van der Waals surface area (Å²) in [6.45, 7) is 3.81. The third-order valence-corrected chi connectivity index (χ3v) is 4.95. The fourth-order valence-electron chi connectivity index (χ4n) is 3.09. The van der Waals surface area contributed by atoms with E-state index in [2.05, 4.69) is 9.97 Å². The van der Waals surface area contributed by atoms with Crippen molar-refractivity contribution in [1.82, 2.24) is 14.9 Å². The van der Waals surface area contributed by atoms with E-state index >= 15 is 0 Å². The van der Waals surface area contributed by atoms with Crippen molar-refractivity contribution in [2.75, 3.05) is 6.54 Å². The third kappa shape index (κ3) is 3.01. The number of nitrogens with zero attached hydrogens (tertiary/aromatic N) is 2. The maximum atomic E-state index is 12.3. The van der Waals surface area contributed by atoms with E-state index in [1.165, 1.54) is 4.90 Å². The quantitative estimate of drug-likeness (QED) is 0.853. The summed E-state index contributed by atoms with van der Waals surface area (Å²) in [5, 5.41) is 11.0. The number of aliphatic hydroxyl groups is 1. The Balaban J connectivity index is 1.68. The molecular formula is C18H23N3O3. The Morgan fingerprint density at radius 2 is 2.00 bits per heavy atom. The number of aryl methyl sites for hydroxylation is 1. The van der Waals surface area contributed by atoms with Crippen LogP contribution in [0.5, 0.6) is 0 Å². The number of carbonyl (C=O) groups is 1. The van der Waals surface area contributed by atoms with E-state index in [0.29, 0.717) is 19.4 Å². The monoisotopic (exact) mass is 329 g/mol. The summed E-state index contributed by atoms with van der Waals surface area (Å²) < 4.78 is 5.58. The van der Waals surface area contributed by atoms with E-state index in [-0.39, 0.29) is 0 Å². The molecule has 2 aromatic rings. The summed E-state index contributed by atoms with van der Waals surface area (Å²) in [5.74, 6) is 0. The van der Waals surface area contributed by atoms with E-state index in [1.54, 1.807) is 26.4 Å². The Morgan fingerprint density at radius 3 is 2.67 bits per heavy atom. The lowest BCUT2D eigenvalue weighted by Crippen LogP contribution is -2.55. The van der Waals surface area contributed by atoms with Crippen LogP contribution in [0.2, 0.25) is 0 Å². The normalized spacial score (nSPS) is 26.6. The fourth-order valence-corrected chi connectivity index (χ4v) is 3.09. The molecule has 24 heavy (non-hydrogen) atoms. The van der Waals surface area contributed by atoms with Gasteiger partial charge in [-0.2, -0.15) is 0 Å². The van der Waals surface area contributed by atoms with Gasteiger partial charge in [0.15, 0.2) is 11.3 Å². The highest BCUT2D eigenvalue weighted by Gasteiger charge is 2.58. The molecule has 128 valence electrons. The van der Waals surface area contributed by atoms with Crippen molar-refractivity contribution >= 4 is 6.09 Å². The maximum absolute atomic E-state index is 12.3. The maximum Gasteiger partial charge on any atom is 0.412 e. The average Bonchev–Trinajstić information content (AvgIpc) is 3.12. The van der Waals surface area contributed by atoms with Gasteiger partial charge in [-0.05, 0) is 32.3 Å². The van der Waals surface area contributed by atoms with E-state index in [9.17, 15) is 9.90 Å². The molecule has 0 spiro atoms. The molecule has 6 heteroatoms. The van der Waals surface area contributed by atoms with Gasteiger partial charge < -0.3 is 14.8 Å². The number of aromatic amines is 1. The number of nitrogens with one attached hydrogen (secondary N) is 1. The van der Waals surface area contributed by atoms with Crippen LogP contribution in [0.3, 0.4) is 0 Å². The van der Waals surface area contributed by atoms with Crippen LogP contribution in [-0.4, -0.2) is 43.9 Å². The number of imidazole rings is 1. The van der Waals surface area contributed by atoms with Crippen LogP contribution in [0.15, 0.2) is 42.9 Å². The molecule has 0 bridgehead atoms. The Kier molecular flexibility index (Phi) is 4.32. The van der Waals surface area contributed by atoms with Crippen molar-refractivity contribution in [3.8, 4) is 0 Å². The molecule has 0 saturated carbocycles. The van der Waals surface area contributed by atoms with Crippen molar-refractivity contribution in [3.63, 3.8) is 0 Å². The molecule has 1 aromatic heterocycles. The zero-order valence-corrected chi connectivity index (χ0v) is 14.0. The number of H-pyrrole nitrogens is 1. The molecule has 1 amide bonds. The van der Waals surface area contributed by atoms with Gasteiger partial charge in [0.1, 0.15) is 0 Å². The topological polar surface area (TPSA) is 78.5 Å². The number of rotatable bonds is 6. The largest absolute Gasteiger partial charge is 0.438 e. The van der Waals surface area contributed by atoms with Gasteiger partial charge in [-0.3, -0.25) is 4.90 Å². The number of aromatic nitrogens is 2. The summed E-state index contributed by atoms with van der Waals surface area (Å²) >= 11 is 0. The molecule has 1 fully saturated rings. The van der Waals surface area contributed by atoms with Gasteiger partial charge in [-0.15, -0.1) is 0 Å². The Hall–Kier alpha value is -2.34. The van der Waals surface area contributed by atoms with E-state index < -0.39 is 17.4 Å². The Labute approximate surface area is 141 Å². The van der Waals surface area contributed by atoms with Crippen molar-refractivity contribution in [2.45, 2.75) is 44.4 Å². The smallest absolute Gasteiger partial charge is 0.412 e. The molecule has 1 aliphatic heterocycles. The molecule has 1 aliphatic rings. The second-order valence-electron chi connectivity index (χ2n) is 6.58. The van der Waals surface area contributed by atoms with Gasteiger partial charge in [0.05, 0.1) is 6.33 Å². The predicted molar refractivity (Wildman–Crippen MR) is 89.3 cm³/mol. The first-order chi connectivity index (χ1) is 11.4. The summed E-state index contributed by atoms with van der Waals surface area (Å²) in [6.07, 6.45) is 4.70. The fraction of sp³-hybridized carbons (Fsp3) is 0.444. The van der Waals surface area contributed by atoms with Gasteiger partial charge >= 0.3 is 6.09 Å². The summed E-state index contributed by atoms with van der Waals surface area (Å²) in [6, 6.07) is 9.99. The van der Waals surface area contributed by atoms with E-state index in [0.717, 1.165) is 17.7 Å². The zero-order chi connectivity index (χ0) is 17.2. The van der Waals surface area contributed by atoms with Crippen LogP contribution in [-0.2, 0) is 17.6 Å². The average molecular weight is 329 g/mol. The van der Waals surface area contributed by atoms with Crippen molar-refractivity contribution in [1.29, 1.82) is 0 Å². The van der Waals surface area contributed by atoms with E-state index in [4.69, 9.17) is 4.74 Å². The SMILES string of the molecule is C[C@]1(CCc2ccccc2)OC(=O)N(CCc2cnc[nH]2)[C@]1(C)O. The molecule has 2 atom stereocenters. The molecule has 3 rings (SSSR count). The van der Waals surface area contributed by atoms with Gasteiger partial charge in [-0.1, -0.05) is 30.3 Å². The Morgan fingerprint density at radius 1 is 1.25 bits per heavy atom. The highest BCUT2D eigenvalue weighted by molar-refractivity contribution is 5.72. The highest BCUT2D eigenvalue weighted by Crippen LogP contribution is 2.40. The summed E-state index contributed by atoms with van der Waals surface area (Å²) in [7, 11) is 0. The van der Waals surface area contributed by atoms with Gasteiger partial charge in [0.2, 0.25) is 0 Å². The van der Waals surface area contributed by atoms with Crippen LogP contribution in [0.4, 0.5) is 4.79 Å². The molecule has 6 nitrogen and oxygen atoms in total. The first-order valence-electron chi connectivity index (χ1n) is 8.16. The molecular weight excluding hydrogens is 306 g/mol. The summed E-state index contributed by atoms with van der Waals surface area (Å²) in [4.78, 5) is 20.7. The lowest BCUT2D eigenvalue weighted by Gasteiger charge is -2.37. The minimum Gasteiger partial charge on any atom is -0.438 e. The third-order valence-electron chi connectivity index (χ3n) is 4.95. The van der Waals surface area contributed by atoms with Crippen LogP contribution < -0.4 is 0 Å². The number of benzene rings is 1. The number of cyclic esters (lactones) is 1. The summed E-state index contributed by atoms with van der Waals surface area (Å²) in [5.41, 5.74) is -0.245. The lowest BCUT2D eigenvalue weighted by molar-refractivity contribution is -0.138. The number of hydrogen-bond donors (Lipinski definition) is 2. The van der Waals surface area contributed by atoms with Crippen molar-refractivity contribution in [2.24, 2.45) is 0 Å². The van der Waals surface area contributed by atoms with Crippen LogP contribution in [0.1, 0.15) is 31.5 Å². The van der Waals surface area contributed by atoms with Crippen LogP contribution in [0, 0.1) is 0 Å². The number of hydrogen-bond acceptors (Lipinski definition) is 4. The molecule has 0 unspecified atom stereocenters. The lowest BCUT2D eigenvalue weighted by atomic mass is 9.87. The number of carbonyl (C=O) groups excluding carboxylic acids is 1. The molecule has 0 aliphatic carbocycles. The van der Waals surface area contributed by atoms with Crippen molar-refractivity contribution in [3.05, 3.63) is 54.1 Å². The molecule has 0 radical (unpaired) electrons. The zero-order valence-electron chi connectivity index (χ0n) is 14.0. The highest BCUT2D eigenvalue weighted by atomic mass is 16.6. The first-order valence-corrected chi connectivity index (χ1v) is 8.16. The number of ether oxygens (including phenoxy) is 1. The standard InChI is InChI=1S/C18H23N3O3/c1-17(10-8-14-6-4-3-5-7-14)18(2,23)21(16(22)24-17)11-9-15-12-19-13-20-15/h3-7,12-13,23H,8-11H2,1-2H3,(H,19,20)/t17-,18-/m1/s1. The minimum atomic E-state index is -1.36. The molecule has 2 N–H and O–H groups in total. The second-order valence-corrected chi connectivity index (χ2v) is 6.58. The Bertz CT molecular complexity index is 685. The molecule has 1 saturated heterocycles. The van der Waals surface area contributed by atoms with Gasteiger partial charge in [0.25, 0.3) is 0 Å². The van der Waals surface area contributed by atoms with Gasteiger partial charge in [-0.25, -0.2) is 9.78 Å². The number of amides is 1. The second kappa shape index (κ2) is 6.28. The van der Waals surface area contributed by atoms with Crippen molar-refractivity contribution < 1.29 is 14.6 Å². The first kappa shape index (κ1) is 16.5. The van der Waals surface area contributed by atoms with Crippen LogP contribution >= 0.6 is 0 Å². The minimum absolute atomic E-state index is 0.370. The molecule has 1 aromatic carbocycles. The predicted octanol–water partition coefficient (Wildman–Crippen LogP) is 2.50.